The Morgan fingerprint density at radius 1 is 1.17 bits per heavy atom. The van der Waals surface area contributed by atoms with Gasteiger partial charge in [0.1, 0.15) is 5.75 Å². The van der Waals surface area contributed by atoms with Gasteiger partial charge in [-0.3, -0.25) is 4.79 Å². The summed E-state index contributed by atoms with van der Waals surface area (Å²) in [6.45, 7) is 4.04. The van der Waals surface area contributed by atoms with E-state index in [0.29, 0.717) is 23.7 Å². The number of sulfonamides is 1. The van der Waals surface area contributed by atoms with Gasteiger partial charge in [-0.2, -0.15) is 4.31 Å². The molecule has 1 aliphatic rings. The summed E-state index contributed by atoms with van der Waals surface area (Å²) in [7, 11) is -2.36. The van der Waals surface area contributed by atoms with Crippen LogP contribution in [0.1, 0.15) is 42.3 Å². The van der Waals surface area contributed by atoms with Crippen LogP contribution in [0.2, 0.25) is 5.02 Å². The summed E-state index contributed by atoms with van der Waals surface area (Å²) in [6, 6.07) is 15.2. The number of thiophene rings is 1. The van der Waals surface area contributed by atoms with Gasteiger partial charge < -0.3 is 9.64 Å². The number of carbonyl (C=O) groups excluding carboxylic acids is 1. The number of methoxy groups -OCH3 is 1. The first kappa shape index (κ1) is 25.7. The van der Waals surface area contributed by atoms with Crippen LogP contribution in [0.15, 0.2) is 64.9 Å². The molecule has 0 bridgehead atoms. The van der Waals surface area contributed by atoms with E-state index in [2.05, 4.69) is 6.07 Å². The van der Waals surface area contributed by atoms with Crippen molar-refractivity contribution in [2.75, 3.05) is 20.2 Å². The van der Waals surface area contributed by atoms with Gasteiger partial charge in [0.25, 0.3) is 0 Å². The number of carbonyl (C=O) groups is 1. The number of hydrogen-bond donors (Lipinski definition) is 0. The molecule has 1 amide bonds. The maximum Gasteiger partial charge on any atom is 0.243 e. The zero-order valence-electron chi connectivity index (χ0n) is 20.0. The Hall–Kier alpha value is -2.39. The first-order chi connectivity index (χ1) is 16.8. The smallest absolute Gasteiger partial charge is 0.243 e. The molecule has 4 rings (SSSR count). The predicted octanol–water partition coefficient (Wildman–Crippen LogP) is 5.37. The molecule has 0 spiro atoms. The Morgan fingerprint density at radius 2 is 1.86 bits per heavy atom. The maximum absolute atomic E-state index is 13.8. The molecule has 6 nitrogen and oxygen atoms in total. The Kier molecular flexibility index (Phi) is 7.86. The van der Waals surface area contributed by atoms with Crippen LogP contribution in [0.4, 0.5) is 0 Å². The summed E-state index contributed by atoms with van der Waals surface area (Å²) in [5.74, 6) is 0.347. The van der Waals surface area contributed by atoms with Crippen LogP contribution in [-0.4, -0.2) is 49.8 Å². The summed E-state index contributed by atoms with van der Waals surface area (Å²) in [4.78, 5) is 17.0. The van der Waals surface area contributed by atoms with Crippen LogP contribution < -0.4 is 4.74 Å². The highest BCUT2D eigenvalue weighted by Crippen LogP contribution is 2.38. The van der Waals surface area contributed by atoms with Gasteiger partial charge in [-0.05, 0) is 78.7 Å². The van der Waals surface area contributed by atoms with E-state index in [1.54, 1.807) is 28.4 Å². The van der Waals surface area contributed by atoms with Crippen molar-refractivity contribution in [2.45, 2.75) is 43.7 Å². The Balaban J connectivity index is 1.66. The number of amides is 1. The van der Waals surface area contributed by atoms with Gasteiger partial charge in [0.2, 0.25) is 15.9 Å². The fraction of sp³-hybridized carbons (Fsp3) is 0.346. The van der Waals surface area contributed by atoms with E-state index in [-0.39, 0.29) is 29.4 Å². The molecule has 0 N–H and O–H groups in total. The molecule has 9 heteroatoms. The fourth-order valence-corrected chi connectivity index (χ4v) is 7.06. The van der Waals surface area contributed by atoms with Crippen LogP contribution in [0.3, 0.4) is 0 Å². The summed E-state index contributed by atoms with van der Waals surface area (Å²) in [5.41, 5.74) is 2.04. The third kappa shape index (κ3) is 5.26. The lowest BCUT2D eigenvalue weighted by atomic mass is 9.93. The molecule has 1 aliphatic heterocycles. The number of halogens is 1. The molecule has 2 unspecified atom stereocenters. The van der Waals surface area contributed by atoms with E-state index in [9.17, 15) is 13.2 Å². The first-order valence-electron chi connectivity index (χ1n) is 11.5. The SMILES string of the molecule is CCC(C)N(CC(=O)N1CCc2sccc2C1c1ccc(Cl)cc1)S(=O)(=O)c1ccc(OC)cc1. The van der Waals surface area contributed by atoms with Crippen molar-refractivity contribution >= 4 is 38.9 Å². The Labute approximate surface area is 216 Å². The molecule has 2 heterocycles. The molecule has 1 aromatic heterocycles. The molecule has 2 aromatic carbocycles. The summed E-state index contributed by atoms with van der Waals surface area (Å²) in [5, 5.41) is 2.67. The van der Waals surface area contributed by atoms with E-state index >= 15 is 0 Å². The van der Waals surface area contributed by atoms with Crippen molar-refractivity contribution in [3.8, 4) is 5.75 Å². The summed E-state index contributed by atoms with van der Waals surface area (Å²) >= 11 is 7.80. The lowest BCUT2D eigenvalue weighted by molar-refractivity contribution is -0.133. The average molecular weight is 533 g/mol. The molecule has 2 atom stereocenters. The first-order valence-corrected chi connectivity index (χ1v) is 14.2. The second-order valence-electron chi connectivity index (χ2n) is 8.57. The molecule has 0 aliphatic carbocycles. The van der Waals surface area contributed by atoms with Crippen molar-refractivity contribution in [1.82, 2.24) is 9.21 Å². The highest BCUT2D eigenvalue weighted by atomic mass is 35.5. The monoisotopic (exact) mass is 532 g/mol. The molecule has 0 radical (unpaired) electrons. The van der Waals surface area contributed by atoms with Crippen LogP contribution in [-0.2, 0) is 21.2 Å². The number of nitrogens with zero attached hydrogens (tertiary/aromatic N) is 2. The van der Waals surface area contributed by atoms with Crippen LogP contribution in [0.5, 0.6) is 5.75 Å². The summed E-state index contributed by atoms with van der Waals surface area (Å²) in [6.07, 6.45) is 1.33. The van der Waals surface area contributed by atoms with Gasteiger partial charge in [-0.1, -0.05) is 30.7 Å². The lowest BCUT2D eigenvalue weighted by Gasteiger charge is -2.38. The standard InChI is InChI=1S/C26H29ClN2O4S2/c1-4-18(2)29(35(31,32)22-11-9-21(33-3)10-12-22)17-25(30)28-15-13-24-23(14-16-34-24)26(28)19-5-7-20(27)8-6-19/h5-12,14,16,18,26H,4,13,15,17H2,1-3H3. The quantitative estimate of drug-likeness (QED) is 0.391. The topological polar surface area (TPSA) is 66.9 Å². The Morgan fingerprint density at radius 3 is 2.49 bits per heavy atom. The Bertz CT molecular complexity index is 1270. The van der Waals surface area contributed by atoms with Crippen LogP contribution in [0, 0.1) is 0 Å². The third-order valence-corrected chi connectivity index (χ3v) is 9.73. The van der Waals surface area contributed by atoms with Gasteiger partial charge in [-0.25, -0.2) is 8.42 Å². The van der Waals surface area contributed by atoms with Crippen molar-refractivity contribution in [3.05, 3.63) is 81.0 Å². The van der Waals surface area contributed by atoms with Crippen LogP contribution in [0.25, 0.3) is 0 Å². The number of rotatable bonds is 8. The molecule has 186 valence electrons. The second-order valence-corrected chi connectivity index (χ2v) is 11.9. The van der Waals surface area contributed by atoms with Gasteiger partial charge >= 0.3 is 0 Å². The molecular weight excluding hydrogens is 504 g/mol. The lowest BCUT2D eigenvalue weighted by Crippen LogP contribution is -2.49. The number of hydrogen-bond acceptors (Lipinski definition) is 5. The zero-order valence-corrected chi connectivity index (χ0v) is 22.4. The van der Waals surface area contributed by atoms with Gasteiger partial charge in [0.15, 0.2) is 0 Å². The number of benzene rings is 2. The van der Waals surface area contributed by atoms with Gasteiger partial charge in [0, 0.05) is 22.5 Å². The minimum absolute atomic E-state index is 0.138. The molecule has 35 heavy (non-hydrogen) atoms. The summed E-state index contributed by atoms with van der Waals surface area (Å²) < 4.78 is 33.7. The molecule has 3 aromatic rings. The van der Waals surface area contributed by atoms with Crippen molar-refractivity contribution in [1.29, 1.82) is 0 Å². The maximum atomic E-state index is 13.8. The molecular formula is C26H29ClN2O4S2. The van der Waals surface area contributed by atoms with Gasteiger partial charge in [-0.15, -0.1) is 11.3 Å². The molecule has 0 saturated heterocycles. The minimum Gasteiger partial charge on any atom is -0.497 e. The predicted molar refractivity (Wildman–Crippen MR) is 140 cm³/mol. The van der Waals surface area contributed by atoms with E-state index in [1.807, 2.05) is 43.5 Å². The largest absolute Gasteiger partial charge is 0.497 e. The molecule has 0 fully saturated rings. The minimum atomic E-state index is -3.89. The van der Waals surface area contributed by atoms with Crippen molar-refractivity contribution in [3.63, 3.8) is 0 Å². The van der Waals surface area contributed by atoms with Crippen LogP contribution >= 0.6 is 22.9 Å². The average Bonchev–Trinajstić information content (AvgIpc) is 3.35. The normalized spacial score (nSPS) is 16.7. The highest BCUT2D eigenvalue weighted by molar-refractivity contribution is 7.89. The van der Waals surface area contributed by atoms with Gasteiger partial charge in [0.05, 0.1) is 24.6 Å². The third-order valence-electron chi connectivity index (χ3n) is 6.51. The number of ether oxygens (including phenoxy) is 1. The van der Waals surface area contributed by atoms with E-state index < -0.39 is 10.0 Å². The van der Waals surface area contributed by atoms with Crippen molar-refractivity contribution in [2.24, 2.45) is 0 Å². The fourth-order valence-electron chi connectivity index (χ4n) is 4.38. The van der Waals surface area contributed by atoms with E-state index in [4.69, 9.17) is 16.3 Å². The second kappa shape index (κ2) is 10.7. The molecule has 0 saturated carbocycles. The van der Waals surface area contributed by atoms with Crippen molar-refractivity contribution < 1.29 is 17.9 Å². The van der Waals surface area contributed by atoms with E-state index in [1.165, 1.54) is 28.4 Å². The highest BCUT2D eigenvalue weighted by Gasteiger charge is 2.37. The van der Waals surface area contributed by atoms with E-state index in [0.717, 1.165) is 17.5 Å². The number of fused-ring (bicyclic) bond motifs is 1. The zero-order chi connectivity index (χ0) is 25.2.